The molecule has 4 heteroatoms. The summed E-state index contributed by atoms with van der Waals surface area (Å²) in [5, 5.41) is 3.10. The van der Waals surface area contributed by atoms with E-state index in [1.54, 1.807) is 0 Å². The quantitative estimate of drug-likeness (QED) is 0.806. The molecule has 1 aromatic rings. The molecule has 0 spiro atoms. The Balaban J connectivity index is 1.78. The molecule has 3 rings (SSSR count). The predicted molar refractivity (Wildman–Crippen MR) is 80.9 cm³/mol. The summed E-state index contributed by atoms with van der Waals surface area (Å²) >= 11 is 0. The fourth-order valence-electron chi connectivity index (χ4n) is 3.14. The van der Waals surface area contributed by atoms with Crippen LogP contribution in [0.2, 0.25) is 0 Å². The molecule has 3 atom stereocenters. The predicted octanol–water partition coefficient (Wildman–Crippen LogP) is 1.35. The first-order chi connectivity index (χ1) is 10.2. The average molecular weight is 284 g/mol. The molecule has 0 saturated carbocycles. The van der Waals surface area contributed by atoms with Gasteiger partial charge in [0, 0.05) is 5.56 Å². The third-order valence-corrected chi connectivity index (χ3v) is 4.17. The monoisotopic (exact) mass is 284 g/mol. The molecule has 2 aliphatic heterocycles. The zero-order valence-corrected chi connectivity index (χ0v) is 12.2. The zero-order valence-electron chi connectivity index (χ0n) is 12.2. The van der Waals surface area contributed by atoms with Crippen molar-refractivity contribution in [2.45, 2.75) is 44.4 Å². The van der Waals surface area contributed by atoms with Crippen LogP contribution in [-0.2, 0) is 4.74 Å². The topological polar surface area (TPSA) is 64.3 Å². The number of ether oxygens (including phenoxy) is 1. The highest BCUT2D eigenvalue weighted by molar-refractivity contribution is 5.97. The van der Waals surface area contributed by atoms with Crippen LogP contribution in [0.15, 0.2) is 18.2 Å². The van der Waals surface area contributed by atoms with Crippen LogP contribution in [-0.4, -0.2) is 30.7 Å². The molecule has 110 valence electrons. The molecule has 2 aliphatic rings. The second kappa shape index (κ2) is 5.88. The van der Waals surface area contributed by atoms with Gasteiger partial charge in [-0.3, -0.25) is 4.79 Å². The van der Waals surface area contributed by atoms with E-state index in [1.807, 2.05) is 25.1 Å². The Morgan fingerprint density at radius 1 is 1.48 bits per heavy atom. The number of carbonyl (C=O) groups excluding carboxylic acids is 1. The van der Waals surface area contributed by atoms with Crippen molar-refractivity contribution in [1.29, 1.82) is 0 Å². The molecule has 3 N–H and O–H groups in total. The number of rotatable bonds is 2. The summed E-state index contributed by atoms with van der Waals surface area (Å²) in [6.07, 6.45) is 3.60. The number of nitrogens with one attached hydrogen (secondary N) is 1. The second-order valence-electron chi connectivity index (χ2n) is 5.74. The lowest BCUT2D eigenvalue weighted by atomic mass is 9.95. The zero-order chi connectivity index (χ0) is 14.8. The molecule has 21 heavy (non-hydrogen) atoms. The molecule has 0 aromatic heterocycles. The minimum Gasteiger partial charge on any atom is -0.373 e. The number of benzene rings is 1. The van der Waals surface area contributed by atoms with Crippen LogP contribution in [0, 0.1) is 18.8 Å². The lowest BCUT2D eigenvalue weighted by Crippen LogP contribution is -2.41. The third kappa shape index (κ3) is 2.94. The van der Waals surface area contributed by atoms with E-state index >= 15 is 0 Å². The van der Waals surface area contributed by atoms with Gasteiger partial charge >= 0.3 is 0 Å². The Hall–Kier alpha value is -1.83. The van der Waals surface area contributed by atoms with Gasteiger partial charge in [-0.25, -0.2) is 0 Å². The third-order valence-electron chi connectivity index (χ3n) is 4.17. The van der Waals surface area contributed by atoms with Crippen LogP contribution in [0.4, 0.5) is 0 Å². The number of nitrogens with two attached hydrogens (primary N) is 1. The van der Waals surface area contributed by atoms with Gasteiger partial charge in [-0.2, -0.15) is 0 Å². The minimum absolute atomic E-state index is 0.0718. The van der Waals surface area contributed by atoms with Crippen LogP contribution in [0.1, 0.15) is 40.7 Å². The summed E-state index contributed by atoms with van der Waals surface area (Å²) in [7, 11) is 0. The van der Waals surface area contributed by atoms with Gasteiger partial charge in [0.15, 0.2) is 0 Å². The van der Waals surface area contributed by atoms with Gasteiger partial charge in [-0.15, -0.1) is 0 Å². The fraction of sp³-hybridized carbons (Fsp3) is 0.471. The molecule has 0 radical (unpaired) electrons. The highest BCUT2D eigenvalue weighted by Gasteiger charge is 2.41. The summed E-state index contributed by atoms with van der Waals surface area (Å²) in [6, 6.07) is 5.82. The number of carbonyl (C=O) groups is 1. The van der Waals surface area contributed by atoms with E-state index in [1.165, 1.54) is 0 Å². The highest BCUT2D eigenvalue weighted by Crippen LogP contribution is 2.34. The number of amides is 1. The summed E-state index contributed by atoms with van der Waals surface area (Å²) in [5.74, 6) is 5.74. The average Bonchev–Trinajstić information content (AvgIpc) is 3.07. The Bertz CT molecular complexity index is 615. The van der Waals surface area contributed by atoms with Gasteiger partial charge in [0.05, 0.1) is 30.4 Å². The van der Waals surface area contributed by atoms with E-state index in [4.69, 9.17) is 10.5 Å². The molecule has 3 unspecified atom stereocenters. The number of aryl methyl sites for hydroxylation is 1. The van der Waals surface area contributed by atoms with E-state index < -0.39 is 0 Å². The molecule has 2 fully saturated rings. The Kier molecular flexibility index (Phi) is 3.96. The standard InChI is InChI=1S/C17H20N2O2/c1-11-4-6-14(12(9-11)3-2-8-18)17(20)19-15-10-13-5-7-16(15)21-13/h4,6,9,13,15-16H,5,7-8,10,18H2,1H3,(H,19,20). The summed E-state index contributed by atoms with van der Waals surface area (Å²) < 4.78 is 5.78. The smallest absolute Gasteiger partial charge is 0.252 e. The normalized spacial score (nSPS) is 26.3. The molecule has 0 aliphatic carbocycles. The fourth-order valence-corrected chi connectivity index (χ4v) is 3.14. The maximum Gasteiger partial charge on any atom is 0.252 e. The minimum atomic E-state index is -0.0718. The molecular weight excluding hydrogens is 264 g/mol. The van der Waals surface area contributed by atoms with Crippen molar-refractivity contribution in [3.05, 3.63) is 34.9 Å². The largest absolute Gasteiger partial charge is 0.373 e. The van der Waals surface area contributed by atoms with Crippen LogP contribution < -0.4 is 11.1 Å². The Morgan fingerprint density at radius 3 is 3.00 bits per heavy atom. The first kappa shape index (κ1) is 14.1. The van der Waals surface area contributed by atoms with Gasteiger partial charge in [0.1, 0.15) is 0 Å². The van der Waals surface area contributed by atoms with Crippen LogP contribution >= 0.6 is 0 Å². The summed E-state index contributed by atoms with van der Waals surface area (Å²) in [5.41, 5.74) is 7.86. The van der Waals surface area contributed by atoms with Crippen LogP contribution in [0.3, 0.4) is 0 Å². The van der Waals surface area contributed by atoms with Crippen LogP contribution in [0.5, 0.6) is 0 Å². The summed E-state index contributed by atoms with van der Waals surface area (Å²) in [6.45, 7) is 2.27. The van der Waals surface area contributed by atoms with Crippen LogP contribution in [0.25, 0.3) is 0 Å². The lowest BCUT2D eigenvalue weighted by molar-refractivity contribution is 0.0840. The highest BCUT2D eigenvalue weighted by atomic mass is 16.5. The van der Waals surface area contributed by atoms with Crippen molar-refractivity contribution in [3.63, 3.8) is 0 Å². The van der Waals surface area contributed by atoms with Crippen molar-refractivity contribution >= 4 is 5.91 Å². The maximum atomic E-state index is 12.5. The summed E-state index contributed by atoms with van der Waals surface area (Å²) in [4.78, 5) is 12.5. The van der Waals surface area contributed by atoms with Gasteiger partial charge in [-0.05, 0) is 43.9 Å². The molecule has 1 amide bonds. The van der Waals surface area contributed by atoms with E-state index in [0.717, 1.165) is 30.4 Å². The first-order valence-electron chi connectivity index (χ1n) is 7.43. The molecule has 4 nitrogen and oxygen atoms in total. The molecule has 1 aromatic carbocycles. The van der Waals surface area contributed by atoms with E-state index in [0.29, 0.717) is 11.7 Å². The van der Waals surface area contributed by atoms with E-state index in [9.17, 15) is 4.79 Å². The van der Waals surface area contributed by atoms with Crippen molar-refractivity contribution in [3.8, 4) is 11.8 Å². The molecule has 2 saturated heterocycles. The van der Waals surface area contributed by atoms with Gasteiger partial charge in [-0.1, -0.05) is 17.9 Å². The SMILES string of the molecule is Cc1ccc(C(=O)NC2CC3CCC2O3)c(C#CCN)c1. The van der Waals surface area contributed by atoms with Gasteiger partial charge in [0.25, 0.3) is 5.91 Å². The first-order valence-corrected chi connectivity index (χ1v) is 7.43. The lowest BCUT2D eigenvalue weighted by Gasteiger charge is -2.20. The molecular formula is C17H20N2O2. The second-order valence-corrected chi connectivity index (χ2v) is 5.74. The number of hydrogen-bond acceptors (Lipinski definition) is 3. The van der Waals surface area contributed by atoms with Crippen molar-refractivity contribution in [2.75, 3.05) is 6.54 Å². The van der Waals surface area contributed by atoms with E-state index in [-0.39, 0.29) is 24.6 Å². The number of hydrogen-bond donors (Lipinski definition) is 2. The molecule has 2 heterocycles. The number of fused-ring (bicyclic) bond motifs is 2. The van der Waals surface area contributed by atoms with Crippen molar-refractivity contribution in [1.82, 2.24) is 5.32 Å². The van der Waals surface area contributed by atoms with Gasteiger partial charge < -0.3 is 15.8 Å². The van der Waals surface area contributed by atoms with E-state index in [2.05, 4.69) is 17.2 Å². The Morgan fingerprint density at radius 2 is 2.33 bits per heavy atom. The Labute approximate surface area is 125 Å². The van der Waals surface area contributed by atoms with Crippen molar-refractivity contribution < 1.29 is 9.53 Å². The van der Waals surface area contributed by atoms with Gasteiger partial charge in [0.2, 0.25) is 0 Å². The maximum absolute atomic E-state index is 12.5. The van der Waals surface area contributed by atoms with Crippen molar-refractivity contribution in [2.24, 2.45) is 5.73 Å². The molecule has 2 bridgehead atoms.